The molecule has 7 nitrogen and oxygen atoms in total. The molecule has 0 saturated carbocycles. The van der Waals surface area contributed by atoms with Gasteiger partial charge in [0.15, 0.2) is 0 Å². The Bertz CT molecular complexity index is 509. The molecule has 3 aliphatic rings. The van der Waals surface area contributed by atoms with E-state index in [9.17, 15) is 9.59 Å². The van der Waals surface area contributed by atoms with E-state index in [1.165, 1.54) is 0 Å². The van der Waals surface area contributed by atoms with Crippen molar-refractivity contribution in [2.75, 3.05) is 66.0 Å². The van der Waals surface area contributed by atoms with Crippen LogP contribution in [0.5, 0.6) is 0 Å². The van der Waals surface area contributed by atoms with Gasteiger partial charge in [0, 0.05) is 58.3 Å². The average Bonchev–Trinajstić information content (AvgIpc) is 2.72. The molecule has 0 aromatic carbocycles. The number of amides is 2. The summed E-state index contributed by atoms with van der Waals surface area (Å²) >= 11 is 0. The van der Waals surface area contributed by atoms with Crippen LogP contribution in [0.1, 0.15) is 38.5 Å². The molecule has 0 aromatic heterocycles. The lowest BCUT2D eigenvalue weighted by molar-refractivity contribution is -0.139. The predicted molar refractivity (Wildman–Crippen MR) is 121 cm³/mol. The molecule has 0 bridgehead atoms. The lowest BCUT2D eigenvalue weighted by atomic mass is 9.92. The quantitative estimate of drug-likeness (QED) is 0.675. The van der Waals surface area contributed by atoms with Crippen LogP contribution < -0.4 is 5.73 Å². The number of piperazine rings is 1. The van der Waals surface area contributed by atoms with E-state index >= 15 is 0 Å². The highest BCUT2D eigenvalue weighted by atomic mass is 35.5. The molecule has 2 amide bonds. The van der Waals surface area contributed by atoms with Crippen LogP contribution >= 0.6 is 24.8 Å². The van der Waals surface area contributed by atoms with Crippen LogP contribution in [0.2, 0.25) is 0 Å². The van der Waals surface area contributed by atoms with Gasteiger partial charge in [-0.25, -0.2) is 0 Å². The standard InChI is InChI=1S/C20H37N5O2.2ClH/c1-22-12-14-24(15-13-22)20(27)17-4-3-9-25(16-17)18-6-10-23(11-7-18)19(26)5-2-8-21;;/h17-18H,2-16,21H2,1H3;2*1H. The summed E-state index contributed by atoms with van der Waals surface area (Å²) in [4.78, 5) is 34.0. The highest BCUT2D eigenvalue weighted by Crippen LogP contribution is 2.25. The minimum absolute atomic E-state index is 0. The molecule has 170 valence electrons. The molecule has 3 heterocycles. The lowest BCUT2D eigenvalue weighted by Crippen LogP contribution is -2.54. The van der Waals surface area contributed by atoms with Crippen molar-refractivity contribution in [1.29, 1.82) is 0 Å². The van der Waals surface area contributed by atoms with Crippen molar-refractivity contribution >= 4 is 36.6 Å². The van der Waals surface area contributed by atoms with E-state index in [4.69, 9.17) is 5.73 Å². The number of nitrogens with two attached hydrogens (primary N) is 1. The lowest BCUT2D eigenvalue weighted by Gasteiger charge is -2.43. The summed E-state index contributed by atoms with van der Waals surface area (Å²) < 4.78 is 0. The number of carbonyl (C=O) groups excluding carboxylic acids is 2. The van der Waals surface area contributed by atoms with Crippen LogP contribution in [0.4, 0.5) is 0 Å². The van der Waals surface area contributed by atoms with Crippen molar-refractivity contribution in [2.24, 2.45) is 11.7 Å². The molecule has 29 heavy (non-hydrogen) atoms. The van der Waals surface area contributed by atoms with Crippen molar-refractivity contribution < 1.29 is 9.59 Å². The van der Waals surface area contributed by atoms with E-state index in [1.54, 1.807) is 0 Å². The predicted octanol–water partition coefficient (Wildman–Crippen LogP) is 1.05. The van der Waals surface area contributed by atoms with Gasteiger partial charge in [-0.2, -0.15) is 0 Å². The summed E-state index contributed by atoms with van der Waals surface area (Å²) in [5.41, 5.74) is 5.51. The number of rotatable bonds is 5. The Hall–Kier alpha value is -0.600. The van der Waals surface area contributed by atoms with Gasteiger partial charge in [0.1, 0.15) is 0 Å². The van der Waals surface area contributed by atoms with Gasteiger partial charge in [0.25, 0.3) is 0 Å². The maximum atomic E-state index is 12.9. The van der Waals surface area contributed by atoms with Gasteiger partial charge in [-0.1, -0.05) is 0 Å². The second-order valence-corrected chi connectivity index (χ2v) is 8.47. The third-order valence-electron chi connectivity index (χ3n) is 6.55. The van der Waals surface area contributed by atoms with Crippen LogP contribution in [-0.4, -0.2) is 103 Å². The monoisotopic (exact) mass is 451 g/mol. The van der Waals surface area contributed by atoms with Crippen molar-refractivity contribution in [2.45, 2.75) is 44.6 Å². The van der Waals surface area contributed by atoms with Crippen molar-refractivity contribution in [1.82, 2.24) is 19.6 Å². The number of hydrogen-bond acceptors (Lipinski definition) is 5. The minimum Gasteiger partial charge on any atom is -0.343 e. The van der Waals surface area contributed by atoms with Gasteiger partial charge in [0.2, 0.25) is 11.8 Å². The fourth-order valence-electron chi connectivity index (χ4n) is 4.72. The number of halogens is 2. The first-order valence-electron chi connectivity index (χ1n) is 10.8. The first-order valence-corrected chi connectivity index (χ1v) is 10.8. The second-order valence-electron chi connectivity index (χ2n) is 8.47. The topological polar surface area (TPSA) is 73.1 Å². The third-order valence-corrected chi connectivity index (χ3v) is 6.55. The molecule has 2 N–H and O–H groups in total. The minimum atomic E-state index is 0. The number of nitrogens with zero attached hydrogens (tertiary/aromatic N) is 4. The van der Waals surface area contributed by atoms with Crippen LogP contribution in [-0.2, 0) is 9.59 Å². The summed E-state index contributed by atoms with van der Waals surface area (Å²) in [7, 11) is 2.12. The molecule has 0 spiro atoms. The third kappa shape index (κ3) is 7.24. The Labute approximate surface area is 188 Å². The Balaban J connectivity index is 0.00000210. The number of carbonyl (C=O) groups is 2. The molecule has 9 heteroatoms. The second kappa shape index (κ2) is 13.0. The summed E-state index contributed by atoms with van der Waals surface area (Å²) in [6, 6.07) is 0.520. The molecule has 3 rings (SSSR count). The fraction of sp³-hybridized carbons (Fsp3) is 0.900. The van der Waals surface area contributed by atoms with E-state index in [0.717, 1.165) is 84.5 Å². The first kappa shape index (κ1) is 26.4. The first-order chi connectivity index (χ1) is 13.1. The summed E-state index contributed by atoms with van der Waals surface area (Å²) in [6.45, 7) is 7.99. The fourth-order valence-corrected chi connectivity index (χ4v) is 4.72. The molecule has 0 aromatic rings. The molecule has 0 radical (unpaired) electrons. The maximum Gasteiger partial charge on any atom is 0.227 e. The van der Waals surface area contributed by atoms with E-state index in [-0.39, 0.29) is 36.6 Å². The molecule has 3 aliphatic heterocycles. The molecular weight excluding hydrogens is 413 g/mol. The van der Waals surface area contributed by atoms with Crippen LogP contribution in [0.15, 0.2) is 0 Å². The van der Waals surface area contributed by atoms with Crippen molar-refractivity contribution in [3.05, 3.63) is 0 Å². The number of hydrogen-bond donors (Lipinski definition) is 1. The van der Waals surface area contributed by atoms with E-state index in [0.29, 0.717) is 24.9 Å². The molecule has 3 saturated heterocycles. The smallest absolute Gasteiger partial charge is 0.227 e. The number of likely N-dealkylation sites (N-methyl/N-ethyl adjacent to an activating group) is 1. The number of likely N-dealkylation sites (tertiary alicyclic amines) is 2. The summed E-state index contributed by atoms with van der Waals surface area (Å²) in [6.07, 6.45) is 5.55. The largest absolute Gasteiger partial charge is 0.343 e. The zero-order valence-corrected chi connectivity index (χ0v) is 19.4. The Morgan fingerprint density at radius 3 is 2.17 bits per heavy atom. The van der Waals surface area contributed by atoms with Crippen LogP contribution in [0.3, 0.4) is 0 Å². The van der Waals surface area contributed by atoms with Gasteiger partial charge in [0.05, 0.1) is 5.92 Å². The highest BCUT2D eigenvalue weighted by molar-refractivity contribution is 5.85. The molecule has 1 atom stereocenters. The molecule has 0 aliphatic carbocycles. The average molecular weight is 452 g/mol. The van der Waals surface area contributed by atoms with E-state index in [1.807, 2.05) is 4.90 Å². The molecule has 1 unspecified atom stereocenters. The zero-order valence-electron chi connectivity index (χ0n) is 17.8. The van der Waals surface area contributed by atoms with Crippen molar-refractivity contribution in [3.8, 4) is 0 Å². The van der Waals surface area contributed by atoms with Gasteiger partial charge in [-0.15, -0.1) is 24.8 Å². The highest BCUT2D eigenvalue weighted by Gasteiger charge is 2.34. The van der Waals surface area contributed by atoms with Gasteiger partial charge < -0.3 is 20.4 Å². The van der Waals surface area contributed by atoms with E-state index < -0.39 is 0 Å². The molecular formula is C20H39Cl2N5O2. The Kier molecular flexibility index (Phi) is 11.8. The van der Waals surface area contributed by atoms with Gasteiger partial charge >= 0.3 is 0 Å². The van der Waals surface area contributed by atoms with E-state index in [2.05, 4.69) is 21.7 Å². The Morgan fingerprint density at radius 2 is 1.55 bits per heavy atom. The van der Waals surface area contributed by atoms with Crippen LogP contribution in [0.25, 0.3) is 0 Å². The Morgan fingerprint density at radius 1 is 0.897 bits per heavy atom. The summed E-state index contributed by atoms with van der Waals surface area (Å²) in [5, 5.41) is 0. The SMILES string of the molecule is CN1CCN(C(=O)C2CCCN(C3CCN(C(=O)CCCN)CC3)C2)CC1.Cl.Cl. The van der Waals surface area contributed by atoms with Gasteiger partial charge in [-0.3, -0.25) is 14.5 Å². The van der Waals surface area contributed by atoms with Crippen LogP contribution in [0, 0.1) is 5.92 Å². The normalized spacial score (nSPS) is 24.6. The summed E-state index contributed by atoms with van der Waals surface area (Å²) in [5.74, 6) is 0.772. The van der Waals surface area contributed by atoms with Crippen molar-refractivity contribution in [3.63, 3.8) is 0 Å². The van der Waals surface area contributed by atoms with Gasteiger partial charge in [-0.05, 0) is 52.2 Å². The maximum absolute atomic E-state index is 12.9. The zero-order chi connectivity index (χ0) is 19.2. The number of piperidine rings is 2. The molecule has 3 fully saturated rings.